The van der Waals surface area contributed by atoms with Crippen molar-refractivity contribution in [3.8, 4) is 0 Å². The molecule has 0 aromatic heterocycles. The maximum atomic E-state index is 11.7. The molecule has 0 saturated heterocycles. The number of rotatable bonds is 3. The van der Waals surface area contributed by atoms with E-state index in [1.54, 1.807) is 30.8 Å². The van der Waals surface area contributed by atoms with Crippen LogP contribution in [0.3, 0.4) is 0 Å². The number of ether oxygens (including phenoxy) is 1. The molecule has 3 nitrogen and oxygen atoms in total. The Bertz CT molecular complexity index is 468. The van der Waals surface area contributed by atoms with Gasteiger partial charge in [0.2, 0.25) is 0 Å². The van der Waals surface area contributed by atoms with E-state index < -0.39 is 11.8 Å². The van der Waals surface area contributed by atoms with Gasteiger partial charge in [0.05, 0.1) is 6.61 Å². The first kappa shape index (κ1) is 12.2. The number of hydrogen-bond donors (Lipinski definition) is 0. The van der Waals surface area contributed by atoms with Crippen LogP contribution in [0, 0.1) is 0 Å². The van der Waals surface area contributed by atoms with Gasteiger partial charge in [-0.15, -0.1) is 11.8 Å². The Kier molecular flexibility index (Phi) is 3.52. The van der Waals surface area contributed by atoms with Crippen LogP contribution in [0.2, 0.25) is 0 Å². The van der Waals surface area contributed by atoms with E-state index in [0.29, 0.717) is 10.8 Å². The van der Waals surface area contributed by atoms with Gasteiger partial charge in [0, 0.05) is 15.7 Å². The van der Waals surface area contributed by atoms with Crippen LogP contribution in [0.15, 0.2) is 23.1 Å². The largest absolute Gasteiger partial charge is 0.460 e. The van der Waals surface area contributed by atoms with Crippen LogP contribution in [0.5, 0.6) is 0 Å². The summed E-state index contributed by atoms with van der Waals surface area (Å²) >= 11 is 1.74. The molecule has 1 aliphatic rings. The molecule has 17 heavy (non-hydrogen) atoms. The van der Waals surface area contributed by atoms with E-state index in [4.69, 9.17) is 4.74 Å². The van der Waals surface area contributed by atoms with Gasteiger partial charge < -0.3 is 4.74 Å². The Morgan fingerprint density at radius 2 is 2.24 bits per heavy atom. The highest BCUT2D eigenvalue weighted by atomic mass is 32.2. The van der Waals surface area contributed by atoms with Crippen LogP contribution in [0.25, 0.3) is 0 Å². The fourth-order valence-electron chi connectivity index (χ4n) is 1.86. The molecule has 4 heteroatoms. The molecule has 1 aromatic rings. The van der Waals surface area contributed by atoms with E-state index in [9.17, 15) is 9.59 Å². The van der Waals surface area contributed by atoms with Crippen molar-refractivity contribution in [2.75, 3.05) is 6.61 Å². The van der Waals surface area contributed by atoms with Crippen LogP contribution >= 0.6 is 11.8 Å². The molecular formula is C13H14O3S. The number of thioether (sulfide) groups is 1. The summed E-state index contributed by atoms with van der Waals surface area (Å²) in [7, 11) is 0. The second kappa shape index (κ2) is 4.92. The number of carbonyl (C=O) groups is 2. The van der Waals surface area contributed by atoms with Crippen molar-refractivity contribution in [2.45, 2.75) is 30.4 Å². The van der Waals surface area contributed by atoms with Crippen molar-refractivity contribution in [2.24, 2.45) is 0 Å². The van der Waals surface area contributed by atoms with Crippen LogP contribution in [0.4, 0.5) is 0 Å². The molecule has 0 aliphatic carbocycles. The van der Waals surface area contributed by atoms with E-state index in [1.807, 2.05) is 6.07 Å². The molecule has 0 N–H and O–H groups in total. The van der Waals surface area contributed by atoms with Gasteiger partial charge in [-0.25, -0.2) is 4.79 Å². The van der Waals surface area contributed by atoms with E-state index in [1.165, 1.54) is 5.56 Å². The molecule has 2 rings (SSSR count). The number of Topliss-reactive ketones (excluding diaryl/α,β-unsaturated/α-hetero) is 1. The number of fused-ring (bicyclic) bond motifs is 1. The van der Waals surface area contributed by atoms with Crippen molar-refractivity contribution in [1.82, 2.24) is 0 Å². The van der Waals surface area contributed by atoms with Crippen LogP contribution in [-0.2, 0) is 16.0 Å². The molecule has 1 atom stereocenters. The highest BCUT2D eigenvalue weighted by Gasteiger charge is 2.22. The molecule has 1 aliphatic heterocycles. The summed E-state index contributed by atoms with van der Waals surface area (Å²) in [6.45, 7) is 4.06. The first-order valence-electron chi connectivity index (χ1n) is 5.63. The van der Waals surface area contributed by atoms with Crippen LogP contribution < -0.4 is 0 Å². The second-order valence-electron chi connectivity index (χ2n) is 4.00. The van der Waals surface area contributed by atoms with Gasteiger partial charge in [-0.3, -0.25) is 4.79 Å². The third kappa shape index (κ3) is 2.52. The van der Waals surface area contributed by atoms with E-state index in [-0.39, 0.29) is 6.61 Å². The van der Waals surface area contributed by atoms with E-state index in [0.717, 1.165) is 11.3 Å². The quantitative estimate of drug-likeness (QED) is 0.469. The standard InChI is InChI=1S/C13H14O3S/c1-3-16-13(15)12(14)10-5-4-9-6-8(2)17-11(9)7-10/h4-5,7-8H,3,6H2,1-2H3. The van der Waals surface area contributed by atoms with Gasteiger partial charge in [-0.05, 0) is 25.0 Å². The summed E-state index contributed by atoms with van der Waals surface area (Å²) < 4.78 is 4.70. The zero-order chi connectivity index (χ0) is 12.4. The van der Waals surface area contributed by atoms with E-state index >= 15 is 0 Å². The summed E-state index contributed by atoms with van der Waals surface area (Å²) in [5.41, 5.74) is 1.67. The van der Waals surface area contributed by atoms with Crippen molar-refractivity contribution in [1.29, 1.82) is 0 Å². The first-order valence-corrected chi connectivity index (χ1v) is 6.50. The summed E-state index contributed by atoms with van der Waals surface area (Å²) in [6.07, 6.45) is 1.02. The van der Waals surface area contributed by atoms with Crippen LogP contribution in [0.1, 0.15) is 29.8 Å². The molecule has 0 amide bonds. The first-order chi connectivity index (χ1) is 8.11. The summed E-state index contributed by atoms with van der Waals surface area (Å²) in [4.78, 5) is 24.2. The maximum Gasteiger partial charge on any atom is 0.379 e. The second-order valence-corrected chi connectivity index (χ2v) is 5.48. The van der Waals surface area contributed by atoms with Gasteiger partial charge in [0.1, 0.15) is 0 Å². The number of ketones is 1. The highest BCUT2D eigenvalue weighted by molar-refractivity contribution is 8.00. The van der Waals surface area contributed by atoms with E-state index in [2.05, 4.69) is 6.92 Å². The monoisotopic (exact) mass is 250 g/mol. The summed E-state index contributed by atoms with van der Waals surface area (Å²) in [6, 6.07) is 5.43. The highest BCUT2D eigenvalue weighted by Crippen LogP contribution is 2.37. The van der Waals surface area contributed by atoms with Crippen molar-refractivity contribution in [3.05, 3.63) is 29.3 Å². The Balaban J connectivity index is 2.21. The molecule has 0 spiro atoms. The maximum absolute atomic E-state index is 11.7. The van der Waals surface area contributed by atoms with Gasteiger partial charge in [0.25, 0.3) is 5.78 Å². The molecular weight excluding hydrogens is 236 g/mol. The molecule has 1 heterocycles. The third-order valence-corrected chi connectivity index (χ3v) is 3.83. The zero-order valence-corrected chi connectivity index (χ0v) is 10.7. The smallest absolute Gasteiger partial charge is 0.379 e. The summed E-state index contributed by atoms with van der Waals surface area (Å²) in [5, 5.41) is 0.540. The number of carbonyl (C=O) groups excluding carboxylic acids is 2. The Hall–Kier alpha value is -1.29. The zero-order valence-electron chi connectivity index (χ0n) is 9.86. The lowest BCUT2D eigenvalue weighted by atomic mass is 10.1. The van der Waals surface area contributed by atoms with Gasteiger partial charge in [0.15, 0.2) is 0 Å². The lowest BCUT2D eigenvalue weighted by Gasteiger charge is -2.03. The van der Waals surface area contributed by atoms with Crippen LogP contribution in [-0.4, -0.2) is 23.6 Å². The molecule has 0 saturated carbocycles. The van der Waals surface area contributed by atoms with Gasteiger partial charge >= 0.3 is 5.97 Å². The molecule has 90 valence electrons. The average Bonchev–Trinajstić information content (AvgIpc) is 2.67. The minimum atomic E-state index is -0.775. The molecule has 1 aromatic carbocycles. The Morgan fingerprint density at radius 3 is 2.94 bits per heavy atom. The van der Waals surface area contributed by atoms with Gasteiger partial charge in [-0.1, -0.05) is 19.1 Å². The SMILES string of the molecule is CCOC(=O)C(=O)c1ccc2c(c1)SC(C)C2. The van der Waals surface area contributed by atoms with Crippen molar-refractivity contribution in [3.63, 3.8) is 0 Å². The average molecular weight is 250 g/mol. The topological polar surface area (TPSA) is 43.4 Å². The van der Waals surface area contributed by atoms with Crippen molar-refractivity contribution < 1.29 is 14.3 Å². The minimum absolute atomic E-state index is 0.224. The lowest BCUT2D eigenvalue weighted by Crippen LogP contribution is -2.17. The third-order valence-electron chi connectivity index (χ3n) is 2.63. The van der Waals surface area contributed by atoms with Gasteiger partial charge in [-0.2, -0.15) is 0 Å². The lowest BCUT2D eigenvalue weighted by molar-refractivity contribution is -0.137. The molecule has 0 fully saturated rings. The van der Waals surface area contributed by atoms with Crippen molar-refractivity contribution >= 4 is 23.5 Å². The predicted octanol–water partition coefficient (Wildman–Crippen LogP) is 2.47. The predicted molar refractivity (Wildman–Crippen MR) is 66.4 cm³/mol. The Morgan fingerprint density at radius 1 is 1.47 bits per heavy atom. The fourth-order valence-corrected chi connectivity index (χ4v) is 3.05. The normalized spacial score (nSPS) is 17.6. The fraction of sp³-hybridized carbons (Fsp3) is 0.385. The molecule has 0 radical (unpaired) electrons. The number of hydrogen-bond acceptors (Lipinski definition) is 4. The summed E-state index contributed by atoms with van der Waals surface area (Å²) in [5.74, 6) is -1.33. The Labute approximate surface area is 105 Å². The number of benzene rings is 1. The molecule has 0 bridgehead atoms. The minimum Gasteiger partial charge on any atom is -0.460 e. The number of esters is 1. The molecule has 1 unspecified atom stereocenters.